The third-order valence-electron chi connectivity index (χ3n) is 4.85. The van der Waals surface area contributed by atoms with Crippen LogP contribution in [0.3, 0.4) is 0 Å². The number of unbranched alkanes of at least 4 members (excludes halogenated alkanes) is 11. The molecule has 0 rings (SSSR count). The van der Waals surface area contributed by atoms with E-state index in [4.69, 9.17) is 10.8 Å². The average Bonchev–Trinajstić information content (AvgIpc) is 2.63. The highest BCUT2D eigenvalue weighted by molar-refractivity contribution is 5.87. The van der Waals surface area contributed by atoms with Gasteiger partial charge in [-0.15, -0.1) is 0 Å². The van der Waals surface area contributed by atoms with E-state index < -0.39 is 5.66 Å². The summed E-state index contributed by atoms with van der Waals surface area (Å²) in [5.74, 6) is 0.0311. The molecule has 0 aromatic heterocycles. The highest BCUT2D eigenvalue weighted by Gasteiger charge is 2.26. The quantitative estimate of drug-likeness (QED) is 0.173. The van der Waals surface area contributed by atoms with Crippen LogP contribution in [0, 0.1) is 0 Å². The van der Waals surface area contributed by atoms with Crippen molar-refractivity contribution in [2.24, 2.45) is 5.73 Å². The molecule has 0 aromatic rings. The van der Waals surface area contributed by atoms with Crippen LogP contribution in [0.4, 0.5) is 0 Å². The van der Waals surface area contributed by atoms with Gasteiger partial charge in [-0.1, -0.05) is 70.4 Å². The Morgan fingerprint density at radius 1 is 0.923 bits per heavy atom. The molecule has 0 aliphatic heterocycles. The number of hydrogen-bond donors (Lipinski definition) is 3. The van der Waals surface area contributed by atoms with Crippen molar-refractivity contribution in [3.63, 3.8) is 0 Å². The van der Waals surface area contributed by atoms with Crippen LogP contribution in [0.1, 0.15) is 104 Å². The number of carbonyl (C=O) groups is 1. The van der Waals surface area contributed by atoms with Crippen LogP contribution in [0.15, 0.2) is 12.2 Å². The van der Waals surface area contributed by atoms with E-state index in [9.17, 15) is 4.79 Å². The molecule has 0 spiro atoms. The Balaban J connectivity index is 3.40. The highest BCUT2D eigenvalue weighted by Crippen LogP contribution is 2.11. The van der Waals surface area contributed by atoms with E-state index in [-0.39, 0.29) is 12.4 Å². The maximum Gasteiger partial charge on any atom is 0.166 e. The molecule has 1 atom stereocenters. The molecule has 4 N–H and O–H groups in total. The van der Waals surface area contributed by atoms with Gasteiger partial charge in [0.05, 0.1) is 6.61 Å². The summed E-state index contributed by atoms with van der Waals surface area (Å²) in [7, 11) is 0. The number of aliphatic hydroxyl groups is 1. The Kier molecular flexibility index (Phi) is 17.2. The van der Waals surface area contributed by atoms with Crippen molar-refractivity contribution in [3.8, 4) is 0 Å². The molecule has 1 unspecified atom stereocenters. The Morgan fingerprint density at radius 3 is 1.96 bits per heavy atom. The zero-order valence-corrected chi connectivity index (χ0v) is 17.4. The van der Waals surface area contributed by atoms with Gasteiger partial charge in [0.2, 0.25) is 0 Å². The predicted molar refractivity (Wildman–Crippen MR) is 112 cm³/mol. The van der Waals surface area contributed by atoms with Crippen molar-refractivity contribution in [2.45, 2.75) is 109 Å². The largest absolute Gasteiger partial charge is 0.395 e. The molecule has 0 radical (unpaired) electrons. The van der Waals surface area contributed by atoms with E-state index in [1.165, 1.54) is 70.6 Å². The van der Waals surface area contributed by atoms with Crippen LogP contribution >= 0.6 is 0 Å². The molecule has 0 saturated carbocycles. The van der Waals surface area contributed by atoms with E-state index in [2.05, 4.69) is 24.4 Å². The molecule has 0 amide bonds. The normalized spacial score (nSPS) is 14.0. The van der Waals surface area contributed by atoms with Gasteiger partial charge in [-0.25, -0.2) is 0 Å². The molecule has 0 aliphatic carbocycles. The van der Waals surface area contributed by atoms with Gasteiger partial charge in [-0.3, -0.25) is 10.1 Å². The summed E-state index contributed by atoms with van der Waals surface area (Å²) in [4.78, 5) is 12.0. The molecule has 0 aliphatic rings. The number of allylic oxidation sites excluding steroid dienone is 2. The lowest BCUT2D eigenvalue weighted by Crippen LogP contribution is -2.57. The molecule has 0 heterocycles. The Bertz CT molecular complexity index is 354. The zero-order chi connectivity index (χ0) is 19.5. The topological polar surface area (TPSA) is 75.4 Å². The molecule has 0 fully saturated rings. The van der Waals surface area contributed by atoms with Crippen molar-refractivity contribution in [2.75, 3.05) is 13.2 Å². The molecule has 0 saturated heterocycles. The molecule has 0 aromatic carbocycles. The van der Waals surface area contributed by atoms with Crippen molar-refractivity contribution >= 4 is 5.78 Å². The minimum atomic E-state index is -1.01. The van der Waals surface area contributed by atoms with E-state index in [1.54, 1.807) is 6.92 Å². The first kappa shape index (κ1) is 25.3. The van der Waals surface area contributed by atoms with Gasteiger partial charge in [0.1, 0.15) is 5.66 Å². The van der Waals surface area contributed by atoms with E-state index in [1.807, 2.05) is 0 Å². The van der Waals surface area contributed by atoms with E-state index >= 15 is 0 Å². The summed E-state index contributed by atoms with van der Waals surface area (Å²) in [6, 6.07) is 0. The number of rotatable bonds is 19. The third kappa shape index (κ3) is 15.5. The number of nitrogens with one attached hydrogen (secondary N) is 1. The molecular weight excluding hydrogens is 324 g/mol. The summed E-state index contributed by atoms with van der Waals surface area (Å²) < 4.78 is 0. The van der Waals surface area contributed by atoms with Crippen LogP contribution in [0.2, 0.25) is 0 Å². The van der Waals surface area contributed by atoms with Crippen molar-refractivity contribution < 1.29 is 9.90 Å². The second kappa shape index (κ2) is 17.7. The maximum atomic E-state index is 12.0. The van der Waals surface area contributed by atoms with Gasteiger partial charge in [0.15, 0.2) is 5.78 Å². The fraction of sp³-hybridized carbons (Fsp3) is 0.864. The number of carbonyl (C=O) groups excluding carboxylic acids is 1. The van der Waals surface area contributed by atoms with Gasteiger partial charge >= 0.3 is 0 Å². The van der Waals surface area contributed by atoms with Crippen LogP contribution in [0.5, 0.6) is 0 Å². The molecule has 154 valence electrons. The second-order valence-corrected chi connectivity index (χ2v) is 7.61. The van der Waals surface area contributed by atoms with Crippen LogP contribution in [-0.4, -0.2) is 29.7 Å². The van der Waals surface area contributed by atoms with E-state index in [0.717, 1.165) is 12.8 Å². The second-order valence-electron chi connectivity index (χ2n) is 7.61. The Labute approximate surface area is 162 Å². The first-order chi connectivity index (χ1) is 12.5. The van der Waals surface area contributed by atoms with Gasteiger partial charge in [-0.05, 0) is 39.0 Å². The molecule has 4 nitrogen and oxygen atoms in total. The van der Waals surface area contributed by atoms with Gasteiger partial charge < -0.3 is 10.8 Å². The van der Waals surface area contributed by atoms with Crippen LogP contribution < -0.4 is 11.1 Å². The van der Waals surface area contributed by atoms with Gasteiger partial charge in [-0.2, -0.15) is 0 Å². The lowest BCUT2D eigenvalue weighted by atomic mass is 10.0. The van der Waals surface area contributed by atoms with Crippen molar-refractivity contribution in [1.29, 1.82) is 0 Å². The van der Waals surface area contributed by atoms with Gasteiger partial charge in [0.25, 0.3) is 0 Å². The van der Waals surface area contributed by atoms with Crippen molar-refractivity contribution in [1.82, 2.24) is 5.32 Å². The molecule has 0 bridgehead atoms. The monoisotopic (exact) mass is 368 g/mol. The standard InChI is InChI=1S/C22H44N2O2/c1-3-4-5-6-7-8-9-10-11-12-13-14-15-16-17-18-21(26)22(2,23)24-19-20-25/h10-11,24-25H,3-9,12-20,23H2,1-2H3/b11-10-. The SMILES string of the molecule is CCCCCCCC/C=C\CCCCCCCC(=O)C(C)(N)NCCO. The Hall–Kier alpha value is -0.710. The van der Waals surface area contributed by atoms with Gasteiger partial charge in [0, 0.05) is 13.0 Å². The number of hydrogen-bond acceptors (Lipinski definition) is 4. The summed E-state index contributed by atoms with van der Waals surface area (Å²) in [5.41, 5.74) is 4.92. The Morgan fingerprint density at radius 2 is 1.42 bits per heavy atom. The number of aliphatic hydroxyl groups excluding tert-OH is 1. The lowest BCUT2D eigenvalue weighted by molar-refractivity contribution is -0.124. The molecule has 4 heteroatoms. The fourth-order valence-electron chi connectivity index (χ4n) is 3.03. The highest BCUT2D eigenvalue weighted by atomic mass is 16.3. The maximum absolute atomic E-state index is 12.0. The molecule has 26 heavy (non-hydrogen) atoms. The zero-order valence-electron chi connectivity index (χ0n) is 17.4. The summed E-state index contributed by atoms with van der Waals surface area (Å²) in [5, 5.41) is 11.7. The number of nitrogens with two attached hydrogens (primary N) is 1. The molecular formula is C22H44N2O2. The minimum Gasteiger partial charge on any atom is -0.395 e. The summed E-state index contributed by atoms with van der Waals surface area (Å²) in [6.45, 7) is 4.29. The van der Waals surface area contributed by atoms with Crippen molar-refractivity contribution in [3.05, 3.63) is 12.2 Å². The summed E-state index contributed by atoms with van der Waals surface area (Å²) in [6.07, 6.45) is 21.5. The van der Waals surface area contributed by atoms with Crippen LogP contribution in [0.25, 0.3) is 0 Å². The summed E-state index contributed by atoms with van der Waals surface area (Å²) >= 11 is 0. The fourth-order valence-corrected chi connectivity index (χ4v) is 3.03. The minimum absolute atomic E-state index is 0.00647. The van der Waals surface area contributed by atoms with E-state index in [0.29, 0.717) is 13.0 Å². The first-order valence-corrected chi connectivity index (χ1v) is 10.9. The number of Topliss-reactive ketones (excluding diaryl/α,β-unsaturated/α-hetero) is 1. The predicted octanol–water partition coefficient (Wildman–Crippen LogP) is 4.85. The third-order valence-corrected chi connectivity index (χ3v) is 4.85. The van der Waals surface area contributed by atoms with Crippen LogP contribution in [-0.2, 0) is 4.79 Å². The number of ketones is 1. The first-order valence-electron chi connectivity index (χ1n) is 10.9. The smallest absolute Gasteiger partial charge is 0.166 e. The lowest BCUT2D eigenvalue weighted by Gasteiger charge is -2.24. The average molecular weight is 369 g/mol.